The second kappa shape index (κ2) is 13.9. The van der Waals surface area contributed by atoms with Gasteiger partial charge in [0, 0.05) is 55.1 Å². The molecule has 8 nitrogen and oxygen atoms in total. The summed E-state index contributed by atoms with van der Waals surface area (Å²) in [6.45, 7) is 5.17. The standard InChI is InChI=1S/C32H44Cl2N4O4S/c1-6-26(21-37(5)43(41,42)27-14-15-27)38-30(22-10-12-24(33)13-11-22)28(23-8-7-9-25(34)18-23)19-32(2,31(38)40)20-29(39)35-16-17-36(3)4/h7-13,18,26-28,30H,6,14-17,19-21H2,1-5H3,(H,35,39)/t26-,28+,30+,32+/m0/s1. The molecule has 2 amide bonds. The van der Waals surface area contributed by atoms with Crippen LogP contribution in [-0.2, 0) is 19.6 Å². The molecule has 1 aliphatic carbocycles. The summed E-state index contributed by atoms with van der Waals surface area (Å²) in [7, 11) is 2.02. The van der Waals surface area contributed by atoms with E-state index >= 15 is 0 Å². The lowest BCUT2D eigenvalue weighted by Gasteiger charge is -2.52. The van der Waals surface area contributed by atoms with Gasteiger partial charge in [-0.3, -0.25) is 9.59 Å². The minimum absolute atomic E-state index is 0.0206. The molecule has 43 heavy (non-hydrogen) atoms. The summed E-state index contributed by atoms with van der Waals surface area (Å²) in [6.07, 6.45) is 2.30. The highest BCUT2D eigenvalue weighted by Gasteiger charge is 2.52. The highest BCUT2D eigenvalue weighted by molar-refractivity contribution is 7.90. The number of benzene rings is 2. The van der Waals surface area contributed by atoms with Crippen LogP contribution in [0.4, 0.5) is 0 Å². The molecule has 4 rings (SSSR count). The monoisotopic (exact) mass is 650 g/mol. The van der Waals surface area contributed by atoms with Crippen molar-refractivity contribution < 1.29 is 18.0 Å². The fourth-order valence-corrected chi connectivity index (χ4v) is 8.16. The van der Waals surface area contributed by atoms with E-state index in [2.05, 4.69) is 5.32 Å². The largest absolute Gasteiger partial charge is 0.355 e. The average Bonchev–Trinajstić information content (AvgIpc) is 3.80. The highest BCUT2D eigenvalue weighted by atomic mass is 35.5. The first-order chi connectivity index (χ1) is 20.3. The fraction of sp³-hybridized carbons (Fsp3) is 0.562. The molecular weight excluding hydrogens is 607 g/mol. The number of nitrogens with zero attached hydrogens (tertiary/aromatic N) is 3. The first kappa shape index (κ1) is 33.7. The fourth-order valence-electron chi connectivity index (χ4n) is 6.22. The third kappa shape index (κ3) is 7.92. The lowest BCUT2D eigenvalue weighted by molar-refractivity contribution is -0.157. The molecule has 4 atom stereocenters. The molecule has 0 spiro atoms. The van der Waals surface area contributed by atoms with Gasteiger partial charge in [-0.25, -0.2) is 12.7 Å². The van der Waals surface area contributed by atoms with Gasteiger partial charge < -0.3 is 15.1 Å². The minimum atomic E-state index is -3.46. The Balaban J connectivity index is 1.80. The van der Waals surface area contributed by atoms with Crippen LogP contribution in [-0.4, -0.2) is 86.4 Å². The zero-order valence-electron chi connectivity index (χ0n) is 25.7. The van der Waals surface area contributed by atoms with Crippen LogP contribution in [0.1, 0.15) is 69.0 Å². The Morgan fingerprint density at radius 3 is 2.33 bits per heavy atom. The molecule has 2 aromatic rings. The normalized spacial score (nSPS) is 23.6. The Morgan fingerprint density at radius 2 is 1.74 bits per heavy atom. The average molecular weight is 652 g/mol. The number of piperidine rings is 1. The summed E-state index contributed by atoms with van der Waals surface area (Å²) in [5.74, 6) is -0.553. The molecule has 0 aromatic heterocycles. The van der Waals surface area contributed by atoms with E-state index in [4.69, 9.17) is 23.2 Å². The van der Waals surface area contributed by atoms with Crippen LogP contribution in [0.15, 0.2) is 48.5 Å². The predicted molar refractivity (Wildman–Crippen MR) is 173 cm³/mol. The van der Waals surface area contributed by atoms with Gasteiger partial charge >= 0.3 is 0 Å². The van der Waals surface area contributed by atoms with Crippen LogP contribution in [0.3, 0.4) is 0 Å². The van der Waals surface area contributed by atoms with Crippen LogP contribution in [0, 0.1) is 5.41 Å². The second-order valence-corrected chi connectivity index (χ2v) is 15.7. The van der Waals surface area contributed by atoms with Crippen LogP contribution >= 0.6 is 23.2 Å². The lowest BCUT2D eigenvalue weighted by atomic mass is 9.67. The van der Waals surface area contributed by atoms with Crippen LogP contribution in [0.25, 0.3) is 0 Å². The third-order valence-corrected chi connectivity index (χ3v) is 11.6. The Labute approximate surface area is 266 Å². The van der Waals surface area contributed by atoms with Gasteiger partial charge in [-0.05, 0) is 75.2 Å². The van der Waals surface area contributed by atoms with E-state index in [1.165, 1.54) is 4.31 Å². The van der Waals surface area contributed by atoms with Crippen molar-refractivity contribution in [1.29, 1.82) is 0 Å². The number of carbonyl (C=O) groups excluding carboxylic acids is 2. The molecule has 1 heterocycles. The van der Waals surface area contributed by atoms with Crippen molar-refractivity contribution in [2.24, 2.45) is 5.41 Å². The molecular formula is C32H44Cl2N4O4S. The van der Waals surface area contributed by atoms with Gasteiger partial charge in [0.25, 0.3) is 0 Å². The van der Waals surface area contributed by atoms with Crippen molar-refractivity contribution in [3.63, 3.8) is 0 Å². The van der Waals surface area contributed by atoms with Crippen molar-refractivity contribution in [3.8, 4) is 0 Å². The van der Waals surface area contributed by atoms with E-state index in [-0.39, 0.29) is 35.9 Å². The number of rotatable bonds is 13. The molecule has 11 heteroatoms. The van der Waals surface area contributed by atoms with Crippen molar-refractivity contribution in [3.05, 3.63) is 69.7 Å². The number of amides is 2. The predicted octanol–water partition coefficient (Wildman–Crippen LogP) is 5.33. The van der Waals surface area contributed by atoms with E-state index in [9.17, 15) is 18.0 Å². The van der Waals surface area contributed by atoms with Crippen molar-refractivity contribution in [1.82, 2.24) is 19.4 Å². The number of likely N-dealkylation sites (N-methyl/N-ethyl adjacent to an activating group) is 2. The number of likely N-dealkylation sites (tertiary alicyclic amines) is 1. The van der Waals surface area contributed by atoms with Gasteiger partial charge in [0.1, 0.15) is 0 Å². The Morgan fingerprint density at radius 1 is 1.07 bits per heavy atom. The summed E-state index contributed by atoms with van der Waals surface area (Å²) in [4.78, 5) is 31.8. The number of hydrogen-bond acceptors (Lipinski definition) is 5. The number of nitrogens with one attached hydrogen (secondary N) is 1. The van der Waals surface area contributed by atoms with E-state index in [0.29, 0.717) is 48.8 Å². The van der Waals surface area contributed by atoms with E-state index in [1.54, 1.807) is 7.05 Å². The maximum Gasteiger partial charge on any atom is 0.229 e. The lowest BCUT2D eigenvalue weighted by Crippen LogP contribution is -2.58. The van der Waals surface area contributed by atoms with Crippen molar-refractivity contribution in [2.45, 2.75) is 69.2 Å². The maximum atomic E-state index is 14.8. The SMILES string of the molecule is CC[C@@H](CN(C)S(=O)(=O)C1CC1)N1C(=O)[C@@](C)(CC(=O)NCCN(C)C)C[C@H](c2cccc(Cl)c2)[C@H]1c1ccc(Cl)cc1. The maximum absolute atomic E-state index is 14.8. The first-order valence-electron chi connectivity index (χ1n) is 15.0. The molecule has 1 saturated carbocycles. The summed E-state index contributed by atoms with van der Waals surface area (Å²) in [5, 5.41) is 3.79. The smallest absolute Gasteiger partial charge is 0.229 e. The highest BCUT2D eigenvalue weighted by Crippen LogP contribution is 2.52. The number of carbonyl (C=O) groups is 2. The first-order valence-corrected chi connectivity index (χ1v) is 17.2. The third-order valence-electron chi connectivity index (χ3n) is 8.73. The summed E-state index contributed by atoms with van der Waals surface area (Å²) < 4.78 is 27.8. The van der Waals surface area contributed by atoms with Gasteiger partial charge in [-0.2, -0.15) is 0 Å². The van der Waals surface area contributed by atoms with Crippen LogP contribution in [0.2, 0.25) is 10.0 Å². The van der Waals surface area contributed by atoms with Crippen molar-refractivity contribution >= 4 is 45.0 Å². The zero-order chi connectivity index (χ0) is 31.5. The molecule has 0 bridgehead atoms. The quantitative estimate of drug-likeness (QED) is 0.317. The van der Waals surface area contributed by atoms with Gasteiger partial charge in [-0.1, -0.05) is 61.3 Å². The topological polar surface area (TPSA) is 90.0 Å². The molecule has 236 valence electrons. The summed E-state index contributed by atoms with van der Waals surface area (Å²) >= 11 is 12.8. The summed E-state index contributed by atoms with van der Waals surface area (Å²) in [6, 6.07) is 14.3. The Kier molecular flexibility index (Phi) is 10.9. The van der Waals surface area contributed by atoms with Crippen LogP contribution < -0.4 is 5.32 Å². The Hall–Kier alpha value is -2.17. The minimum Gasteiger partial charge on any atom is -0.355 e. The number of hydrogen-bond donors (Lipinski definition) is 1. The summed E-state index contributed by atoms with van der Waals surface area (Å²) in [5.41, 5.74) is 0.823. The van der Waals surface area contributed by atoms with E-state index in [0.717, 1.165) is 11.1 Å². The van der Waals surface area contributed by atoms with E-state index in [1.807, 2.05) is 86.3 Å². The number of halogens is 2. The van der Waals surface area contributed by atoms with Gasteiger partial charge in [-0.15, -0.1) is 0 Å². The molecule has 0 unspecified atom stereocenters. The van der Waals surface area contributed by atoms with Gasteiger partial charge in [0.2, 0.25) is 21.8 Å². The second-order valence-electron chi connectivity index (χ2n) is 12.6. The van der Waals surface area contributed by atoms with E-state index < -0.39 is 27.5 Å². The molecule has 1 N–H and O–H groups in total. The molecule has 1 aliphatic heterocycles. The van der Waals surface area contributed by atoms with Crippen LogP contribution in [0.5, 0.6) is 0 Å². The molecule has 2 fully saturated rings. The molecule has 1 saturated heterocycles. The van der Waals surface area contributed by atoms with Gasteiger partial charge in [0.05, 0.1) is 16.7 Å². The molecule has 0 radical (unpaired) electrons. The van der Waals surface area contributed by atoms with Crippen molar-refractivity contribution in [2.75, 3.05) is 40.8 Å². The van der Waals surface area contributed by atoms with Gasteiger partial charge in [0.15, 0.2) is 0 Å². The molecule has 2 aromatic carbocycles. The zero-order valence-corrected chi connectivity index (χ0v) is 28.1. The number of sulfonamides is 1. The Bertz CT molecular complexity index is 1400. The molecule has 2 aliphatic rings.